The third-order valence-electron chi connectivity index (χ3n) is 7.27. The van der Waals surface area contributed by atoms with Gasteiger partial charge in [0.1, 0.15) is 0 Å². The van der Waals surface area contributed by atoms with Crippen LogP contribution in [0.25, 0.3) is 11.2 Å². The molecule has 48 heavy (non-hydrogen) atoms. The average Bonchev–Trinajstić information content (AvgIpc) is 3.47. The van der Waals surface area contributed by atoms with Crippen LogP contribution in [0.5, 0.6) is 11.6 Å². The first-order chi connectivity index (χ1) is 22.7. The molecule has 1 amide bonds. The SMILES string of the molecule is CN(C)P(=O)(Cl)OCC1C[N]([Tl])C(n2cnc3c(OCc4ccc(OC(=O)C(C)(C)C)cc4)nc(NC(=O)c4ccccc4)nc32)CO1. The first-order valence-corrected chi connectivity index (χ1v) is 19.5. The molecule has 14 nitrogen and oxygen atoms in total. The number of imidazole rings is 1. The predicted octanol–water partition coefficient (Wildman–Crippen LogP) is 4.82. The molecule has 1 aliphatic heterocycles. The van der Waals surface area contributed by atoms with E-state index in [0.717, 1.165) is 5.56 Å². The van der Waals surface area contributed by atoms with Crippen molar-refractivity contribution in [2.75, 3.05) is 39.2 Å². The molecule has 3 unspecified atom stereocenters. The number of carbonyl (C=O) groups excluding carboxylic acids is 2. The van der Waals surface area contributed by atoms with Crippen molar-refractivity contribution in [1.82, 2.24) is 26.9 Å². The molecule has 1 saturated heterocycles. The number of fused-ring (bicyclic) bond motifs is 1. The van der Waals surface area contributed by atoms with Crippen LogP contribution in [-0.4, -0.2) is 105 Å². The summed E-state index contributed by atoms with van der Waals surface area (Å²) in [5, 5.41) is 2.78. The maximum absolute atomic E-state index is 13.0. The normalized spacial score (nSPS) is 18.4. The quantitative estimate of drug-likeness (QED) is 0.0953. The molecule has 0 aliphatic carbocycles. The number of aromatic nitrogens is 4. The third-order valence-corrected chi connectivity index (χ3v) is 12.0. The van der Waals surface area contributed by atoms with Crippen LogP contribution in [-0.2, 0) is 25.2 Å². The van der Waals surface area contributed by atoms with E-state index in [0.29, 0.717) is 55.1 Å². The van der Waals surface area contributed by atoms with E-state index in [-0.39, 0.29) is 55.8 Å². The van der Waals surface area contributed by atoms with E-state index in [9.17, 15) is 14.2 Å². The van der Waals surface area contributed by atoms with Gasteiger partial charge < -0.3 is 4.74 Å². The molecule has 3 heterocycles. The first kappa shape index (κ1) is 36.3. The van der Waals surface area contributed by atoms with E-state index in [1.54, 1.807) is 89.7 Å². The molecular formula is C31H36ClN7O7PTl. The van der Waals surface area contributed by atoms with Gasteiger partial charge in [0.05, 0.1) is 5.41 Å². The number of amides is 1. The van der Waals surface area contributed by atoms with Crippen LogP contribution in [0.1, 0.15) is 42.9 Å². The zero-order valence-electron chi connectivity index (χ0n) is 27.2. The molecule has 2 aromatic carbocycles. The molecule has 1 N–H and O–H groups in total. The summed E-state index contributed by atoms with van der Waals surface area (Å²) in [7, 11) is 3.19. The number of hydrogen-bond donors (Lipinski definition) is 1. The minimum absolute atomic E-state index is 0.0458. The molecule has 5 rings (SSSR count). The number of nitrogens with one attached hydrogen (secondary N) is 1. The molecule has 2 aromatic heterocycles. The Morgan fingerprint density at radius 1 is 1.12 bits per heavy atom. The summed E-state index contributed by atoms with van der Waals surface area (Å²) in [5.41, 5.74) is 1.46. The van der Waals surface area contributed by atoms with Crippen molar-refractivity contribution < 1.29 is 32.9 Å². The van der Waals surface area contributed by atoms with Gasteiger partial charge in [0.15, 0.2) is 0 Å². The first-order valence-electron chi connectivity index (χ1n) is 15.0. The molecule has 3 atom stereocenters. The molecule has 17 heteroatoms. The van der Waals surface area contributed by atoms with Gasteiger partial charge >= 0.3 is 265 Å². The van der Waals surface area contributed by atoms with Gasteiger partial charge in [-0.3, -0.25) is 4.79 Å². The van der Waals surface area contributed by atoms with Crippen molar-refractivity contribution in [3.05, 3.63) is 72.1 Å². The number of anilines is 1. The molecule has 4 aromatic rings. The third kappa shape index (κ3) is 8.97. The Labute approximate surface area is 299 Å². The number of nitrogens with zero attached hydrogens (tertiary/aromatic N) is 6. The second kappa shape index (κ2) is 15.3. The van der Waals surface area contributed by atoms with Crippen molar-refractivity contribution in [2.45, 2.75) is 39.6 Å². The van der Waals surface area contributed by atoms with Gasteiger partial charge in [-0.1, -0.05) is 0 Å². The van der Waals surface area contributed by atoms with Gasteiger partial charge in [-0.15, -0.1) is 0 Å². The molecule has 1 fully saturated rings. The Balaban J connectivity index is 1.37. The van der Waals surface area contributed by atoms with Crippen LogP contribution < -0.4 is 14.8 Å². The number of morpholine rings is 1. The van der Waals surface area contributed by atoms with Crippen LogP contribution >= 0.6 is 18.1 Å². The topological polar surface area (TPSA) is 150 Å². The summed E-state index contributed by atoms with van der Waals surface area (Å²) in [6.07, 6.45) is 1.06. The van der Waals surface area contributed by atoms with E-state index in [2.05, 4.69) is 23.0 Å². The number of esters is 1. The Hall–Kier alpha value is -2.99. The molecule has 0 saturated carbocycles. The number of halogens is 1. The standard InChI is InChI=1S/C31H36ClN7O7P.Tl/c1-31(2,3)29(41)46-22-13-11-20(12-14-22)16-44-28-25-26(35-30(37-28)36-27(40)21-9-7-6-8-10-21)39(19-34-25)24-18-43-23(15-33-24)17-45-47(32,42)38(4)5;/h6-14,19,23-24H,15-18H2,1-5H3,(H,35,36,37,40);/q-1;+1. The fourth-order valence-corrected chi connectivity index (χ4v) is 7.01. The molecular weight excluding hydrogens is 853 g/mol. The van der Waals surface area contributed by atoms with Crippen molar-refractivity contribution in [3.8, 4) is 11.6 Å². The molecule has 0 radical (unpaired) electrons. The van der Waals surface area contributed by atoms with E-state index >= 15 is 0 Å². The van der Waals surface area contributed by atoms with Crippen molar-refractivity contribution in [2.24, 2.45) is 5.41 Å². The summed E-state index contributed by atoms with van der Waals surface area (Å²) < 4.78 is 41.0. The van der Waals surface area contributed by atoms with Gasteiger partial charge in [-0.2, -0.15) is 0 Å². The van der Waals surface area contributed by atoms with Gasteiger partial charge in [-0.05, 0) is 20.8 Å². The Morgan fingerprint density at radius 2 is 1.83 bits per heavy atom. The number of hydrogen-bond acceptors (Lipinski definition) is 11. The van der Waals surface area contributed by atoms with E-state index in [1.807, 2.05) is 10.6 Å². The zero-order valence-corrected chi connectivity index (χ0v) is 33.3. The van der Waals surface area contributed by atoms with Crippen LogP contribution in [0.3, 0.4) is 0 Å². The minimum atomic E-state index is -3.42. The van der Waals surface area contributed by atoms with Gasteiger partial charge in [-0.25, -0.2) is 0 Å². The summed E-state index contributed by atoms with van der Waals surface area (Å²) in [6.45, 7) is 2.96. The molecule has 252 valence electrons. The van der Waals surface area contributed by atoms with Crippen LogP contribution in [0.15, 0.2) is 60.9 Å². The molecule has 0 bridgehead atoms. The van der Waals surface area contributed by atoms with E-state index in [4.69, 9.17) is 30.0 Å². The maximum atomic E-state index is 13.0. The monoisotopic (exact) mass is 889 g/mol. The summed E-state index contributed by atoms with van der Waals surface area (Å²) in [5.74, 6) is -0.0563. The summed E-state index contributed by atoms with van der Waals surface area (Å²) >= 11 is 6.43. The van der Waals surface area contributed by atoms with Crippen LogP contribution in [0.2, 0.25) is 0 Å². The van der Waals surface area contributed by atoms with Crippen molar-refractivity contribution in [1.29, 1.82) is 0 Å². The zero-order chi connectivity index (χ0) is 34.6. The fourth-order valence-electron chi connectivity index (χ4n) is 4.45. The predicted molar refractivity (Wildman–Crippen MR) is 180 cm³/mol. The Kier molecular flexibility index (Phi) is 11.6. The second-order valence-electron chi connectivity index (χ2n) is 12.3. The van der Waals surface area contributed by atoms with Crippen molar-refractivity contribution >= 4 is 73.2 Å². The van der Waals surface area contributed by atoms with Gasteiger partial charge in [0.25, 0.3) is 0 Å². The van der Waals surface area contributed by atoms with E-state index in [1.165, 1.54) is 4.67 Å². The number of rotatable bonds is 11. The molecule has 0 spiro atoms. The summed E-state index contributed by atoms with van der Waals surface area (Å²) in [4.78, 5) is 39.1. The fraction of sp³-hybridized carbons (Fsp3) is 0.387. The Morgan fingerprint density at radius 3 is 2.48 bits per heavy atom. The Bertz CT molecular complexity index is 1800. The number of ether oxygens (including phenoxy) is 3. The van der Waals surface area contributed by atoms with Crippen LogP contribution in [0.4, 0.5) is 5.95 Å². The van der Waals surface area contributed by atoms with Crippen LogP contribution in [0, 0.1) is 5.41 Å². The summed E-state index contributed by atoms with van der Waals surface area (Å²) in [6, 6.07) is 15.7. The van der Waals surface area contributed by atoms with Gasteiger partial charge in [0.2, 0.25) is 0 Å². The molecule has 1 aliphatic rings. The number of carbonyl (C=O) groups is 2. The second-order valence-corrected chi connectivity index (χ2v) is 18.1. The number of benzene rings is 2. The average molecular weight is 889 g/mol. The van der Waals surface area contributed by atoms with Gasteiger partial charge in [0, 0.05) is 0 Å². The van der Waals surface area contributed by atoms with Crippen molar-refractivity contribution in [3.63, 3.8) is 0 Å². The van der Waals surface area contributed by atoms with E-state index < -0.39 is 12.3 Å².